The Kier molecular flexibility index (Phi) is 6.51. The molecule has 0 amide bonds. The number of rotatable bonds is 6. The number of aryl methyl sites for hydroxylation is 1. The molecule has 1 aliphatic rings. The lowest BCUT2D eigenvalue weighted by Gasteiger charge is -2.38. The molecule has 0 aliphatic carbocycles. The van der Waals surface area contributed by atoms with Gasteiger partial charge in [-0.1, -0.05) is 18.2 Å². The van der Waals surface area contributed by atoms with E-state index in [2.05, 4.69) is 107 Å². The van der Waals surface area contributed by atoms with E-state index >= 15 is 0 Å². The smallest absolute Gasteiger partial charge is 0.133 e. The Morgan fingerprint density at radius 3 is 2.61 bits per heavy atom. The quantitative estimate of drug-likeness (QED) is 0.427. The molecule has 0 saturated heterocycles. The first-order valence-corrected chi connectivity index (χ1v) is 11.9. The molecule has 4 nitrogen and oxygen atoms in total. The molecule has 0 bridgehead atoms. The number of hydrogen-bond donors (Lipinski definition) is 1. The Balaban J connectivity index is 1.60. The molecule has 0 spiro atoms. The average molecular weight is 479 g/mol. The molecule has 31 heavy (non-hydrogen) atoms. The van der Waals surface area contributed by atoms with Gasteiger partial charge in [0, 0.05) is 53.3 Å². The monoisotopic (exact) mass is 478 g/mol. The van der Waals surface area contributed by atoms with Gasteiger partial charge in [-0.25, -0.2) is 4.98 Å². The van der Waals surface area contributed by atoms with Gasteiger partial charge in [0.2, 0.25) is 0 Å². The van der Waals surface area contributed by atoms with Gasteiger partial charge < -0.3 is 15.1 Å². The van der Waals surface area contributed by atoms with E-state index in [0.717, 1.165) is 42.0 Å². The van der Waals surface area contributed by atoms with E-state index in [0.29, 0.717) is 6.04 Å². The van der Waals surface area contributed by atoms with Crippen molar-refractivity contribution < 1.29 is 0 Å². The zero-order valence-electron chi connectivity index (χ0n) is 18.8. The molecule has 1 unspecified atom stereocenters. The van der Waals surface area contributed by atoms with E-state index in [1.54, 1.807) is 0 Å². The van der Waals surface area contributed by atoms with Gasteiger partial charge in [0.1, 0.15) is 5.82 Å². The minimum Gasteiger partial charge on any atom is -0.371 e. The Bertz CT molecular complexity index is 1060. The Labute approximate surface area is 194 Å². The molecule has 2 aromatic carbocycles. The van der Waals surface area contributed by atoms with E-state index in [1.165, 1.54) is 28.1 Å². The van der Waals surface area contributed by atoms with Crippen LogP contribution in [0.1, 0.15) is 37.5 Å². The van der Waals surface area contributed by atoms with Crippen molar-refractivity contribution >= 4 is 38.8 Å². The van der Waals surface area contributed by atoms with Gasteiger partial charge in [-0.3, -0.25) is 0 Å². The predicted molar refractivity (Wildman–Crippen MR) is 136 cm³/mol. The van der Waals surface area contributed by atoms with Crippen molar-refractivity contribution in [2.75, 3.05) is 28.2 Å². The van der Waals surface area contributed by atoms with Gasteiger partial charge in [0.15, 0.2) is 0 Å². The molecule has 0 saturated carbocycles. The molecule has 5 heteroatoms. The zero-order chi connectivity index (χ0) is 22.0. The van der Waals surface area contributed by atoms with Crippen molar-refractivity contribution in [3.63, 3.8) is 0 Å². The van der Waals surface area contributed by atoms with Crippen LogP contribution in [0.2, 0.25) is 0 Å². The van der Waals surface area contributed by atoms with Gasteiger partial charge in [-0.15, -0.1) is 0 Å². The van der Waals surface area contributed by atoms with Crippen molar-refractivity contribution in [3.8, 4) is 0 Å². The van der Waals surface area contributed by atoms with Crippen LogP contribution in [0.15, 0.2) is 59.2 Å². The third-order valence-corrected chi connectivity index (χ3v) is 6.90. The van der Waals surface area contributed by atoms with Crippen molar-refractivity contribution in [2.45, 2.75) is 46.7 Å². The zero-order valence-corrected chi connectivity index (χ0v) is 20.4. The first-order valence-electron chi connectivity index (χ1n) is 11.1. The van der Waals surface area contributed by atoms with Crippen LogP contribution in [-0.2, 0) is 13.0 Å². The second-order valence-corrected chi connectivity index (χ2v) is 9.08. The Morgan fingerprint density at radius 2 is 1.90 bits per heavy atom. The van der Waals surface area contributed by atoms with Crippen LogP contribution in [-0.4, -0.2) is 24.1 Å². The van der Waals surface area contributed by atoms with Crippen LogP contribution in [0.5, 0.6) is 0 Å². The number of nitrogens with zero attached hydrogens (tertiary/aromatic N) is 3. The minimum atomic E-state index is 0.412. The summed E-state index contributed by atoms with van der Waals surface area (Å²) in [7, 11) is 0. The summed E-state index contributed by atoms with van der Waals surface area (Å²) >= 11 is 3.76. The molecule has 0 radical (unpaired) electrons. The summed E-state index contributed by atoms with van der Waals surface area (Å²) < 4.78 is 1.10. The highest BCUT2D eigenvalue weighted by atomic mass is 79.9. The maximum absolute atomic E-state index is 4.70. The molecule has 162 valence electrons. The number of fused-ring (bicyclic) bond motifs is 1. The maximum atomic E-state index is 4.70. The second-order valence-electron chi connectivity index (χ2n) is 8.23. The lowest BCUT2D eigenvalue weighted by Crippen LogP contribution is -2.39. The molecular weight excluding hydrogens is 448 g/mol. The largest absolute Gasteiger partial charge is 0.371 e. The highest BCUT2D eigenvalue weighted by Gasteiger charge is 2.26. The summed E-state index contributed by atoms with van der Waals surface area (Å²) in [4.78, 5) is 9.56. The summed E-state index contributed by atoms with van der Waals surface area (Å²) in [5.74, 6) is 0.969. The molecule has 1 N–H and O–H groups in total. The molecule has 4 rings (SSSR count). The Morgan fingerprint density at radius 1 is 1.13 bits per heavy atom. The highest BCUT2D eigenvalue weighted by Crippen LogP contribution is 2.35. The van der Waals surface area contributed by atoms with Gasteiger partial charge in [0.05, 0.1) is 5.69 Å². The van der Waals surface area contributed by atoms with Crippen molar-refractivity contribution in [3.05, 3.63) is 75.9 Å². The maximum Gasteiger partial charge on any atom is 0.133 e. The normalized spacial score (nSPS) is 15.5. The van der Waals surface area contributed by atoms with Gasteiger partial charge in [-0.05, 0) is 91.5 Å². The number of anilines is 4. The first kappa shape index (κ1) is 21.7. The fourth-order valence-corrected chi connectivity index (χ4v) is 5.14. The lowest BCUT2D eigenvalue weighted by atomic mass is 9.94. The highest BCUT2D eigenvalue weighted by molar-refractivity contribution is 9.10. The average Bonchev–Trinajstić information content (AvgIpc) is 2.76. The number of aromatic nitrogens is 1. The molecule has 1 atom stereocenters. The number of pyridine rings is 1. The SMILES string of the molecule is CCN(CC)c1ccc(Nc2nccc3c2CC(C)N(c2ccccc2C)C3)cc1Br. The van der Waals surface area contributed by atoms with Crippen molar-refractivity contribution in [2.24, 2.45) is 0 Å². The van der Waals surface area contributed by atoms with Gasteiger partial charge in [0.25, 0.3) is 0 Å². The number of halogens is 1. The number of benzene rings is 2. The fraction of sp³-hybridized carbons (Fsp3) is 0.346. The number of para-hydroxylation sites is 1. The Hall–Kier alpha value is -2.53. The standard InChI is InChI=1S/C26H31BrN4/c1-5-30(6-2)25-12-11-21(16-23(25)27)29-26-22-15-19(4)31(17-20(22)13-14-28-26)24-10-8-7-9-18(24)3/h7-14,16,19H,5-6,15,17H2,1-4H3,(H,28,29). The topological polar surface area (TPSA) is 31.4 Å². The molecule has 1 aliphatic heterocycles. The fourth-order valence-electron chi connectivity index (χ4n) is 4.51. The van der Waals surface area contributed by atoms with Crippen LogP contribution in [0.3, 0.4) is 0 Å². The van der Waals surface area contributed by atoms with Crippen molar-refractivity contribution in [1.82, 2.24) is 4.98 Å². The van der Waals surface area contributed by atoms with Gasteiger partial charge in [-0.2, -0.15) is 0 Å². The minimum absolute atomic E-state index is 0.412. The predicted octanol–water partition coefficient (Wildman–Crippen LogP) is 6.69. The van der Waals surface area contributed by atoms with E-state index < -0.39 is 0 Å². The van der Waals surface area contributed by atoms with Crippen LogP contribution < -0.4 is 15.1 Å². The number of nitrogens with one attached hydrogen (secondary N) is 1. The van der Waals surface area contributed by atoms with Crippen LogP contribution >= 0.6 is 15.9 Å². The second kappa shape index (κ2) is 9.31. The van der Waals surface area contributed by atoms with E-state index in [9.17, 15) is 0 Å². The summed E-state index contributed by atoms with van der Waals surface area (Å²) in [6.07, 6.45) is 2.89. The molecule has 0 fully saturated rings. The molecular formula is C26H31BrN4. The summed E-state index contributed by atoms with van der Waals surface area (Å²) in [6, 6.07) is 17.7. The summed E-state index contributed by atoms with van der Waals surface area (Å²) in [5.41, 5.74) is 7.59. The van der Waals surface area contributed by atoms with Crippen LogP contribution in [0, 0.1) is 6.92 Å². The summed E-state index contributed by atoms with van der Waals surface area (Å²) in [6.45, 7) is 11.8. The number of hydrogen-bond acceptors (Lipinski definition) is 4. The third-order valence-electron chi connectivity index (χ3n) is 6.26. The van der Waals surface area contributed by atoms with E-state index in [1.807, 2.05) is 6.20 Å². The van der Waals surface area contributed by atoms with E-state index in [4.69, 9.17) is 4.98 Å². The van der Waals surface area contributed by atoms with Gasteiger partial charge >= 0.3 is 0 Å². The van der Waals surface area contributed by atoms with E-state index in [-0.39, 0.29) is 0 Å². The third kappa shape index (κ3) is 4.42. The van der Waals surface area contributed by atoms with Crippen molar-refractivity contribution in [1.29, 1.82) is 0 Å². The molecule has 2 heterocycles. The van der Waals surface area contributed by atoms with Crippen LogP contribution in [0.25, 0.3) is 0 Å². The molecule has 1 aromatic heterocycles. The first-order chi connectivity index (χ1) is 15.0. The molecule has 3 aromatic rings. The van der Waals surface area contributed by atoms with Crippen LogP contribution in [0.4, 0.5) is 22.9 Å². The summed E-state index contributed by atoms with van der Waals surface area (Å²) in [5, 5.41) is 3.58. The lowest BCUT2D eigenvalue weighted by molar-refractivity contribution is 0.592.